The molecule has 2 aromatic rings. The lowest BCUT2D eigenvalue weighted by Crippen LogP contribution is -2.44. The van der Waals surface area contributed by atoms with Crippen molar-refractivity contribution in [1.29, 1.82) is 0 Å². The van der Waals surface area contributed by atoms with Gasteiger partial charge >= 0.3 is 29.8 Å². The molecule has 2 rings (SSSR count). The van der Waals surface area contributed by atoms with Crippen molar-refractivity contribution in [3.63, 3.8) is 0 Å². The van der Waals surface area contributed by atoms with Crippen LogP contribution >= 0.6 is 0 Å². The van der Waals surface area contributed by atoms with Crippen molar-refractivity contribution in [3.8, 4) is 0 Å². The fraction of sp³-hybridized carbons (Fsp3) is 0.732. The van der Waals surface area contributed by atoms with Crippen LogP contribution in [0.2, 0.25) is 0 Å². The highest BCUT2D eigenvalue weighted by Crippen LogP contribution is 2.32. The minimum absolute atomic E-state index is 0.0754. The van der Waals surface area contributed by atoms with Gasteiger partial charge in [-0.15, -0.1) is 0 Å². The number of carbonyl (C=O) groups excluding carboxylic acids is 5. The van der Waals surface area contributed by atoms with Crippen molar-refractivity contribution in [2.75, 3.05) is 0 Å². The van der Waals surface area contributed by atoms with Crippen molar-refractivity contribution in [2.24, 2.45) is 0 Å². The Morgan fingerprint density at radius 2 is 1.15 bits per heavy atom. The van der Waals surface area contributed by atoms with E-state index in [1.54, 1.807) is 0 Å². The van der Waals surface area contributed by atoms with Crippen molar-refractivity contribution in [3.05, 3.63) is 36.2 Å². The number of ether oxygens (including phenoxy) is 5. The number of esters is 5. The van der Waals surface area contributed by atoms with E-state index < -0.39 is 60.4 Å². The molecule has 0 aliphatic heterocycles. The van der Waals surface area contributed by atoms with Gasteiger partial charge in [0, 0.05) is 40.5 Å². The zero-order valence-electron chi connectivity index (χ0n) is 33.8. The van der Waals surface area contributed by atoms with Crippen LogP contribution in [0.5, 0.6) is 0 Å². The molecule has 0 radical (unpaired) electrons. The number of hydrogen-bond donors (Lipinski definition) is 0. The first-order chi connectivity index (χ1) is 26.4. The van der Waals surface area contributed by atoms with E-state index in [0.29, 0.717) is 6.42 Å². The summed E-state index contributed by atoms with van der Waals surface area (Å²) in [5.41, 5.74) is 0.0813. The largest absolute Gasteiger partial charge is 0.459 e. The topological polar surface area (TPSA) is 184 Å². The molecule has 2 heterocycles. The van der Waals surface area contributed by atoms with Crippen molar-refractivity contribution < 1.29 is 56.5 Å². The molecule has 5 atom stereocenters. The lowest BCUT2D eigenvalue weighted by atomic mass is 10.0. The molecule has 0 fully saturated rings. The monoisotopic (exact) mass is 776 g/mol. The molecule has 0 spiro atoms. The molecule has 0 saturated heterocycles. The van der Waals surface area contributed by atoms with E-state index in [4.69, 9.17) is 32.5 Å². The van der Waals surface area contributed by atoms with Crippen LogP contribution in [0.3, 0.4) is 0 Å². The Balaban J connectivity index is 1.93. The first kappa shape index (κ1) is 46.9. The van der Waals surface area contributed by atoms with Gasteiger partial charge in [0.05, 0.1) is 6.20 Å². The summed E-state index contributed by atoms with van der Waals surface area (Å²) in [7, 11) is 0. The van der Waals surface area contributed by atoms with Gasteiger partial charge in [0.25, 0.3) is 0 Å². The highest BCUT2D eigenvalue weighted by atomic mass is 16.6. The lowest BCUT2D eigenvalue weighted by molar-refractivity contribution is -0.185. The molecule has 310 valence electrons. The molecule has 0 bridgehead atoms. The highest BCUT2D eigenvalue weighted by Gasteiger charge is 2.38. The summed E-state index contributed by atoms with van der Waals surface area (Å²) in [6, 6.07) is 0. The first-order valence-corrected chi connectivity index (χ1v) is 20.1. The number of oxazole rings is 2. The van der Waals surface area contributed by atoms with E-state index in [2.05, 4.69) is 16.9 Å². The van der Waals surface area contributed by atoms with Crippen molar-refractivity contribution in [1.82, 2.24) is 9.97 Å². The summed E-state index contributed by atoms with van der Waals surface area (Å²) >= 11 is 0. The van der Waals surface area contributed by atoms with Gasteiger partial charge in [0.2, 0.25) is 12.0 Å². The minimum atomic E-state index is -1.26. The summed E-state index contributed by atoms with van der Waals surface area (Å²) in [5, 5.41) is 0. The smallest absolute Gasteiger partial charge is 0.307 e. The second-order valence-electron chi connectivity index (χ2n) is 14.2. The van der Waals surface area contributed by atoms with Crippen LogP contribution < -0.4 is 0 Å². The van der Waals surface area contributed by atoms with Gasteiger partial charge in [-0.25, -0.2) is 9.97 Å². The maximum atomic E-state index is 13.0. The number of carbonyl (C=O) groups is 5. The third-order valence-corrected chi connectivity index (χ3v) is 9.09. The zero-order valence-corrected chi connectivity index (χ0v) is 33.8. The Morgan fingerprint density at radius 1 is 0.636 bits per heavy atom. The minimum Gasteiger partial charge on any atom is -0.459 e. The Morgan fingerprint density at radius 3 is 1.62 bits per heavy atom. The summed E-state index contributed by atoms with van der Waals surface area (Å²) < 4.78 is 38.5. The van der Waals surface area contributed by atoms with E-state index in [1.165, 1.54) is 123 Å². The number of unbranched alkanes of at least 4 members (excludes halogenated alkanes) is 16. The molecule has 0 amide bonds. The number of aromatic nitrogens is 2. The quantitative estimate of drug-likeness (QED) is 0.0415. The molecule has 2 aromatic heterocycles. The summed E-state index contributed by atoms with van der Waals surface area (Å²) in [6.45, 7) is 8.39. The SMILES string of the molecule is CCCCCCCCCCCCCCCCCCCC(=O)OC(c1cnco1)c1nc(C(CC(OC(C)=O)C(OC(C)=O)C(C)OC(C)=O)OC(C)=O)co1. The normalized spacial score (nSPS) is 13.9. The molecule has 55 heavy (non-hydrogen) atoms. The van der Waals surface area contributed by atoms with Crippen LogP contribution in [0.1, 0.15) is 193 Å². The zero-order chi connectivity index (χ0) is 40.4. The van der Waals surface area contributed by atoms with E-state index in [1.807, 2.05) is 0 Å². The lowest BCUT2D eigenvalue weighted by Gasteiger charge is -2.31. The molecule has 0 saturated carbocycles. The molecular weight excluding hydrogens is 712 g/mol. The van der Waals surface area contributed by atoms with Crippen LogP contribution in [-0.2, 0) is 47.7 Å². The second-order valence-corrected chi connectivity index (χ2v) is 14.2. The molecule has 0 N–H and O–H groups in total. The van der Waals surface area contributed by atoms with Crippen LogP contribution in [0, 0.1) is 0 Å². The molecule has 5 unspecified atom stereocenters. The van der Waals surface area contributed by atoms with E-state index in [-0.39, 0.29) is 30.2 Å². The molecule has 0 aliphatic carbocycles. The summed E-state index contributed by atoms with van der Waals surface area (Å²) in [4.78, 5) is 69.4. The number of rotatable bonds is 30. The molecule has 0 aromatic carbocycles. The number of hydrogen-bond acceptors (Lipinski definition) is 14. The molecule has 14 heteroatoms. The average Bonchev–Trinajstić information content (AvgIpc) is 3.83. The predicted octanol–water partition coefficient (Wildman–Crippen LogP) is 9.15. The first-order valence-electron chi connectivity index (χ1n) is 20.1. The summed E-state index contributed by atoms with van der Waals surface area (Å²) in [5.74, 6) is -3.18. The predicted molar refractivity (Wildman–Crippen MR) is 201 cm³/mol. The standard InChI is InChI=1S/C41H64N2O12/c1-7-8-9-10-11-12-13-14-15-16-17-18-19-20-21-22-23-24-38(48)55-40(37-26-42-28-50-37)41-43-34(27-49-41)35(52-31(4)45)25-36(53-32(5)46)39(54-33(6)47)29(2)51-30(3)44/h26-29,35-36,39-40H,7-25H2,1-6H3. The highest BCUT2D eigenvalue weighted by molar-refractivity contribution is 5.70. The van der Waals surface area contributed by atoms with Gasteiger partial charge in [0.1, 0.15) is 24.2 Å². The second kappa shape index (κ2) is 27.4. The fourth-order valence-corrected chi connectivity index (χ4v) is 6.44. The van der Waals surface area contributed by atoms with Gasteiger partial charge in [0.15, 0.2) is 24.4 Å². The maximum absolute atomic E-state index is 13.0. The van der Waals surface area contributed by atoms with Gasteiger partial charge in [-0.05, 0) is 13.3 Å². The van der Waals surface area contributed by atoms with Crippen LogP contribution in [-0.4, -0.2) is 58.1 Å². The molecular formula is C41H64N2O12. The van der Waals surface area contributed by atoms with Gasteiger partial charge in [-0.3, -0.25) is 24.0 Å². The van der Waals surface area contributed by atoms with E-state index >= 15 is 0 Å². The number of nitrogens with zero attached hydrogens (tertiary/aromatic N) is 2. The van der Waals surface area contributed by atoms with E-state index in [9.17, 15) is 24.0 Å². The van der Waals surface area contributed by atoms with Crippen LogP contribution in [0.25, 0.3) is 0 Å². The Bertz CT molecular complexity index is 1390. The van der Waals surface area contributed by atoms with Crippen molar-refractivity contribution in [2.45, 2.75) is 194 Å². The molecule has 14 nitrogen and oxygen atoms in total. The Kier molecular flexibility index (Phi) is 23.3. The molecule has 0 aliphatic rings. The third-order valence-electron chi connectivity index (χ3n) is 9.09. The van der Waals surface area contributed by atoms with E-state index in [0.717, 1.165) is 33.1 Å². The van der Waals surface area contributed by atoms with Gasteiger partial charge < -0.3 is 32.5 Å². The van der Waals surface area contributed by atoms with Crippen LogP contribution in [0.4, 0.5) is 0 Å². The fourth-order valence-electron chi connectivity index (χ4n) is 6.44. The maximum Gasteiger partial charge on any atom is 0.307 e. The van der Waals surface area contributed by atoms with Crippen LogP contribution in [0.15, 0.2) is 27.7 Å². The van der Waals surface area contributed by atoms with Crippen molar-refractivity contribution >= 4 is 29.8 Å². The Hall–Kier alpha value is -4.23. The Labute approximate surface area is 326 Å². The summed E-state index contributed by atoms with van der Waals surface area (Å²) in [6.07, 6.45) is 18.8. The average molecular weight is 777 g/mol. The van der Waals surface area contributed by atoms with Gasteiger partial charge in [-0.2, -0.15) is 0 Å². The van der Waals surface area contributed by atoms with Gasteiger partial charge in [-0.1, -0.05) is 110 Å². The third kappa shape index (κ3) is 20.3.